The van der Waals surface area contributed by atoms with E-state index in [1.54, 1.807) is 20.1 Å². The van der Waals surface area contributed by atoms with Gasteiger partial charge < -0.3 is 85.4 Å². The van der Waals surface area contributed by atoms with Crippen LogP contribution >= 0.6 is 19.9 Å². The van der Waals surface area contributed by atoms with E-state index in [2.05, 4.69) is 57.0 Å². The number of carbonyl (C=O) groups is 11. The summed E-state index contributed by atoms with van der Waals surface area (Å²) in [6.07, 6.45) is 0.0962. The van der Waals surface area contributed by atoms with Crippen LogP contribution < -0.4 is 65.1 Å². The Kier molecular flexibility index (Phi) is 30.8. The number of nitrogens with zero attached hydrogens (tertiary/aromatic N) is 1. The summed E-state index contributed by atoms with van der Waals surface area (Å²) in [5.74, 6) is -11.6. The van der Waals surface area contributed by atoms with Gasteiger partial charge in [-0.15, -0.1) is 0 Å². The minimum atomic E-state index is -5.11. The third kappa shape index (κ3) is 26.6. The van der Waals surface area contributed by atoms with Gasteiger partial charge in [0.1, 0.15) is 42.9 Å². The number of carbonyl (C=O) groups excluding carboxylic acids is 10. The average Bonchev–Trinajstić information content (AvgIpc) is 3.86. The van der Waals surface area contributed by atoms with Crippen molar-refractivity contribution in [1.82, 2.24) is 57.8 Å². The second-order valence-electron chi connectivity index (χ2n) is 17.6. The van der Waals surface area contributed by atoms with Crippen LogP contribution in [0.5, 0.6) is 0 Å². The quantitative estimate of drug-likeness (QED) is 0.0217. The number of nitrogens with two attached hydrogens (primary N) is 3. The molecule has 0 aliphatic carbocycles. The van der Waals surface area contributed by atoms with Gasteiger partial charge in [-0.25, -0.2) is 9.78 Å². The third-order valence-electron chi connectivity index (χ3n) is 10.8. The Morgan fingerprint density at radius 1 is 0.671 bits per heavy atom. The number of carboxylic acid groups (broad SMARTS) is 1. The third-order valence-corrected chi connectivity index (χ3v) is 11.9. The number of aliphatic carboxylic acids is 1. The zero-order valence-electron chi connectivity index (χ0n) is 42.6. The molecule has 0 radical (unpaired) electrons. The highest BCUT2D eigenvalue weighted by Crippen LogP contribution is 2.45. The Hall–Kier alpha value is -6.16. The van der Waals surface area contributed by atoms with E-state index in [9.17, 15) is 82.7 Å². The van der Waals surface area contributed by atoms with Crippen LogP contribution in [-0.2, 0) is 63.7 Å². The predicted octanol–water partition coefficient (Wildman–Crippen LogP) is -7.77. The van der Waals surface area contributed by atoms with E-state index in [0.29, 0.717) is 12.2 Å². The van der Waals surface area contributed by atoms with Crippen molar-refractivity contribution >= 4 is 85.0 Å². The molecule has 34 heteroatoms. The van der Waals surface area contributed by atoms with Gasteiger partial charge in [0, 0.05) is 24.7 Å². The topological polar surface area (TPSA) is 533 Å². The van der Waals surface area contributed by atoms with Crippen LogP contribution in [-0.4, -0.2) is 204 Å². The molecule has 1 rings (SSSR count). The van der Waals surface area contributed by atoms with Crippen molar-refractivity contribution in [1.29, 1.82) is 0 Å². The zero-order valence-corrected chi connectivity index (χ0v) is 44.3. The van der Waals surface area contributed by atoms with Crippen molar-refractivity contribution in [3.05, 3.63) is 18.2 Å². The molecule has 32 nitrogen and oxygen atoms in total. The van der Waals surface area contributed by atoms with Crippen molar-refractivity contribution in [2.24, 2.45) is 23.1 Å². The number of primary amides is 1. The van der Waals surface area contributed by atoms with Gasteiger partial charge in [0.2, 0.25) is 59.1 Å². The molecule has 0 saturated heterocycles. The number of aromatic amines is 1. The fraction of sp³-hybridized carbons (Fsp3) is 0.667. The standard InChI is InChI=1S/C42H73N14O18PS/c1-20(2)32(45)40(67)48-16-30(60)50-26(11-13-76-5)36(63)53-27(14-23-15-46-19-49-23)38(65)54-28(18-74-75(71,72)73)39(66)51-24(8-6-7-12-43)35(62)47-17-31(61)55-33(21(3)57)41(68)52-25(9-10-29(44)59)37(64)56-34(22(4)58)42(69)70/h15,19-22,24-28,32-34,57-58,71-73H,6-14,16-18,43,45H2,1-5H3,(H12-,44,46,47,48,49,50,51,52,53,54,55,56,59,60,61,62,63,64,65,66,67,68,69,70)/p+1/t21-,22-,24+,25+,26+,27+,28+,32+,33+,34+/m1/s1. The first-order valence-corrected chi connectivity index (χ1v) is 26.6. The number of imidazole rings is 1. The number of nitrogens with one attached hydrogen (secondary N) is 10. The van der Waals surface area contributed by atoms with Gasteiger partial charge in [-0.3, -0.25) is 47.9 Å². The molecule has 1 aromatic heterocycles. The maximum absolute atomic E-state index is 14.1. The Labute approximate surface area is 441 Å². The maximum Gasteiger partial charge on any atom is 0.567 e. The molecule has 76 heavy (non-hydrogen) atoms. The minimum absolute atomic E-state index is 0.0425. The number of amides is 10. The summed E-state index contributed by atoms with van der Waals surface area (Å²) < 4.78 is 4.68. The van der Waals surface area contributed by atoms with Crippen molar-refractivity contribution in [2.75, 3.05) is 38.2 Å². The highest BCUT2D eigenvalue weighted by Gasteiger charge is 2.39. The van der Waals surface area contributed by atoms with Gasteiger partial charge in [0.15, 0.2) is 6.04 Å². The lowest BCUT2D eigenvalue weighted by molar-refractivity contribution is -0.145. The molecular formula is C42H74N14O18PS+. The van der Waals surface area contributed by atoms with Gasteiger partial charge in [-0.05, 0) is 70.4 Å². The van der Waals surface area contributed by atoms with E-state index in [1.807, 2.05) is 5.32 Å². The lowest BCUT2D eigenvalue weighted by atomic mass is 10.1. The smallest absolute Gasteiger partial charge is 0.480 e. The maximum atomic E-state index is 14.1. The second-order valence-corrected chi connectivity index (χ2v) is 19.9. The zero-order chi connectivity index (χ0) is 57.9. The Morgan fingerprint density at radius 3 is 1.71 bits per heavy atom. The van der Waals surface area contributed by atoms with Crippen molar-refractivity contribution < 1.29 is 87.3 Å². The van der Waals surface area contributed by atoms with Gasteiger partial charge in [-0.2, -0.15) is 31.0 Å². The second kappa shape index (κ2) is 34.5. The van der Waals surface area contributed by atoms with Gasteiger partial charge in [0.05, 0.1) is 37.7 Å². The summed E-state index contributed by atoms with van der Waals surface area (Å²) in [5.41, 5.74) is 16.9. The van der Waals surface area contributed by atoms with Crippen LogP contribution in [0.1, 0.15) is 71.9 Å². The number of H-pyrrole nitrogens is 1. The fourth-order valence-electron chi connectivity index (χ4n) is 6.48. The molecule has 0 aliphatic heterocycles. The van der Waals surface area contributed by atoms with Gasteiger partial charge in [0.25, 0.3) is 0 Å². The van der Waals surface area contributed by atoms with Crippen LogP contribution in [0.3, 0.4) is 0 Å². The molecule has 0 bridgehead atoms. The first-order chi connectivity index (χ1) is 35.5. The Morgan fingerprint density at radius 2 is 1.18 bits per heavy atom. The number of rotatable bonds is 37. The van der Waals surface area contributed by atoms with E-state index in [0.717, 1.165) is 13.8 Å². The van der Waals surface area contributed by atoms with Crippen molar-refractivity contribution in [2.45, 2.75) is 133 Å². The number of thioether (sulfide) groups is 1. The first kappa shape index (κ1) is 67.9. The summed E-state index contributed by atoms with van der Waals surface area (Å²) in [6.45, 7) is 3.07. The van der Waals surface area contributed by atoms with Crippen molar-refractivity contribution in [3.63, 3.8) is 0 Å². The van der Waals surface area contributed by atoms with E-state index < -0.39 is 166 Å². The first-order valence-electron chi connectivity index (χ1n) is 23.7. The Balaban J connectivity index is 3.38. The molecule has 10 atom stereocenters. The molecule has 0 fully saturated rings. The molecule has 22 N–H and O–H groups in total. The molecule has 0 unspecified atom stereocenters. The van der Waals surface area contributed by atoms with E-state index >= 15 is 0 Å². The molecule has 10 amide bonds. The molecule has 0 aliphatic rings. The summed E-state index contributed by atoms with van der Waals surface area (Å²) in [4.78, 5) is 179. The highest BCUT2D eigenvalue weighted by atomic mass is 32.2. The van der Waals surface area contributed by atoms with E-state index in [4.69, 9.17) is 17.2 Å². The Bertz CT molecular complexity index is 2100. The van der Waals surface area contributed by atoms with Gasteiger partial charge >= 0.3 is 14.1 Å². The molecular weight excluding hydrogens is 1050 g/mol. The number of hydrogen-bond donors (Lipinski definition) is 19. The summed E-state index contributed by atoms with van der Waals surface area (Å²) in [5, 5.41) is 50.2. The monoisotopic (exact) mass is 1130 g/mol. The molecule has 1 aromatic rings. The molecule has 0 spiro atoms. The number of unbranched alkanes of at least 4 members (excludes halogenated alkanes) is 1. The molecule has 1 heterocycles. The average molecular weight is 1130 g/mol. The van der Waals surface area contributed by atoms with Crippen LogP contribution in [0, 0.1) is 5.92 Å². The normalized spacial score (nSPS) is 15.3. The SMILES string of the molecule is CSCC[C@H](NC(=O)CNC(=O)[C@@H](N)C(C)C)C(=O)N[C@@H](Cc1cnc[nH]1)C(=O)N[C@@H](CO[P+](O)(O)O)C(=O)N[C@@H](CCCCN)C(=O)NCC(=O)N[C@H](C(=O)N[C@@H](CCC(N)=O)C(=O)N[C@H](C(=O)O)[C@@H](C)O)[C@@H](C)O. The summed E-state index contributed by atoms with van der Waals surface area (Å²) in [7, 11) is -5.11. The summed E-state index contributed by atoms with van der Waals surface area (Å²) >= 11 is 1.33. The minimum Gasteiger partial charge on any atom is -0.480 e. The lowest BCUT2D eigenvalue weighted by Crippen LogP contribution is -2.60. The fourth-order valence-corrected chi connectivity index (χ4v) is 7.30. The van der Waals surface area contributed by atoms with Crippen LogP contribution in [0.15, 0.2) is 12.5 Å². The van der Waals surface area contributed by atoms with Crippen LogP contribution in [0.2, 0.25) is 0 Å². The highest BCUT2D eigenvalue weighted by molar-refractivity contribution is 7.98. The molecule has 0 aromatic carbocycles. The summed E-state index contributed by atoms with van der Waals surface area (Å²) in [6, 6.07) is -12.6. The largest absolute Gasteiger partial charge is 0.567 e. The number of aliphatic hydroxyl groups excluding tert-OH is 2. The predicted molar refractivity (Wildman–Crippen MR) is 269 cm³/mol. The van der Waals surface area contributed by atoms with Gasteiger partial charge in [-0.1, -0.05) is 13.8 Å². The van der Waals surface area contributed by atoms with E-state index in [-0.39, 0.29) is 43.8 Å². The van der Waals surface area contributed by atoms with Crippen LogP contribution in [0.4, 0.5) is 0 Å². The van der Waals surface area contributed by atoms with E-state index in [1.165, 1.54) is 24.3 Å². The number of aliphatic hydroxyl groups is 2. The number of carboxylic acids is 1. The lowest BCUT2D eigenvalue weighted by Gasteiger charge is -2.26. The van der Waals surface area contributed by atoms with Crippen molar-refractivity contribution in [3.8, 4) is 0 Å². The molecule has 430 valence electrons. The van der Waals surface area contributed by atoms with Crippen LogP contribution in [0.25, 0.3) is 0 Å². The number of aromatic nitrogens is 2. The molecule has 0 saturated carbocycles. The number of hydrogen-bond acceptors (Lipinski definition) is 21.